The van der Waals surface area contributed by atoms with Gasteiger partial charge in [0.05, 0.1) is 70.3 Å². The van der Waals surface area contributed by atoms with E-state index in [1.165, 1.54) is 4.90 Å². The van der Waals surface area contributed by atoms with E-state index in [0.29, 0.717) is 39.3 Å². The van der Waals surface area contributed by atoms with E-state index in [-0.39, 0.29) is 34.1 Å². The number of fused-ring (bicyclic) bond motifs is 4. The molecule has 0 saturated heterocycles. The quantitative estimate of drug-likeness (QED) is 0.0381. The van der Waals surface area contributed by atoms with Crippen molar-refractivity contribution in [1.29, 1.82) is 0 Å². The van der Waals surface area contributed by atoms with Gasteiger partial charge in [0.25, 0.3) is 0 Å². The molecule has 398 valence electrons. The maximum atomic E-state index is 14.6. The van der Waals surface area contributed by atoms with Gasteiger partial charge in [0.15, 0.2) is 0 Å². The Hall–Kier alpha value is -4.93. The van der Waals surface area contributed by atoms with Crippen LogP contribution in [0.1, 0.15) is 51.0 Å². The van der Waals surface area contributed by atoms with Gasteiger partial charge in [0.1, 0.15) is 23.3 Å². The van der Waals surface area contributed by atoms with Crippen molar-refractivity contribution >= 4 is 77.7 Å². The van der Waals surface area contributed by atoms with Crippen molar-refractivity contribution < 1.29 is 78.6 Å². The van der Waals surface area contributed by atoms with Crippen LogP contribution in [0, 0.1) is 0 Å². The summed E-state index contributed by atoms with van der Waals surface area (Å²) >= 11 is 4.08. The number of carbonyl (C=O) groups excluding carboxylic acids is 1. The van der Waals surface area contributed by atoms with Crippen molar-refractivity contribution in [1.82, 2.24) is 52.9 Å². The molecule has 0 aliphatic carbocycles. The molecule has 4 aromatic heterocycles. The Kier molecular flexibility index (Phi) is 26.8. The van der Waals surface area contributed by atoms with E-state index in [2.05, 4.69) is 141 Å². The van der Waals surface area contributed by atoms with Gasteiger partial charge < -0.3 is 75.4 Å². The van der Waals surface area contributed by atoms with E-state index < -0.39 is 20.6 Å². The predicted octanol–water partition coefficient (Wildman–Crippen LogP) is 9.06. The predicted molar refractivity (Wildman–Crippen MR) is 267 cm³/mol. The second kappa shape index (κ2) is 30.4. The van der Waals surface area contributed by atoms with Gasteiger partial charge >= 0.3 is 48.6 Å². The molecule has 0 unspecified atom stereocenters. The first-order valence-corrected chi connectivity index (χ1v) is 23.7. The van der Waals surface area contributed by atoms with E-state index in [1.807, 2.05) is 24.3 Å². The molecular formula is C47H59B2F8Fe2N11O2S. The van der Waals surface area contributed by atoms with Gasteiger partial charge in [-0.3, -0.25) is 14.6 Å². The SMILES string of the molecule is CCn1c(CN(Cc2nc3ccccc3n2CC)CC([O-])CN(Cc2nc3ccccc3n2CC)Cc2nc3ccccc3n2CC)nc2ccccc21.CN(C)C=O.C[S-].F[B-](F)(F)F.F[B-](F)(F)F.[Fe+2].[Fe+2]. The van der Waals surface area contributed by atoms with Gasteiger partial charge in [0.2, 0.25) is 6.41 Å². The second-order valence-electron chi connectivity index (χ2n) is 16.1. The average molecular weight is 1130 g/mol. The number of para-hydroxylation sites is 8. The Morgan fingerprint density at radius 1 is 0.493 bits per heavy atom. The summed E-state index contributed by atoms with van der Waals surface area (Å²) in [4.78, 5) is 35.7. The number of nitrogens with zero attached hydrogens (tertiary/aromatic N) is 11. The fourth-order valence-corrected chi connectivity index (χ4v) is 8.20. The largest absolute Gasteiger partial charge is 2.00 e. The molecule has 4 heterocycles. The van der Waals surface area contributed by atoms with Gasteiger partial charge in [-0.1, -0.05) is 48.5 Å². The maximum absolute atomic E-state index is 14.6. The zero-order valence-corrected chi connectivity index (χ0v) is 44.5. The summed E-state index contributed by atoms with van der Waals surface area (Å²) in [6.45, 7) is 14.6. The van der Waals surface area contributed by atoms with E-state index in [0.717, 1.165) is 100 Å². The number of carbonyl (C=O) groups is 1. The number of imidazole rings is 4. The molecule has 0 N–H and O–H groups in total. The molecule has 0 aliphatic heterocycles. The van der Waals surface area contributed by atoms with Crippen LogP contribution in [0.4, 0.5) is 34.5 Å². The molecule has 0 radical (unpaired) electrons. The van der Waals surface area contributed by atoms with E-state index in [4.69, 9.17) is 19.9 Å². The molecule has 0 fully saturated rings. The van der Waals surface area contributed by atoms with Gasteiger partial charge in [-0.25, -0.2) is 19.9 Å². The third-order valence-electron chi connectivity index (χ3n) is 10.8. The zero-order chi connectivity index (χ0) is 52.5. The number of hydrogen-bond donors (Lipinski definition) is 0. The minimum atomic E-state index is -6.00. The Bertz CT molecular complexity index is 2530. The summed E-state index contributed by atoms with van der Waals surface area (Å²) in [5.41, 5.74) is 8.32. The molecule has 73 heavy (non-hydrogen) atoms. The Labute approximate surface area is 446 Å². The van der Waals surface area contributed by atoms with E-state index in [9.17, 15) is 44.4 Å². The first-order valence-electron chi connectivity index (χ1n) is 22.9. The van der Waals surface area contributed by atoms with Crippen molar-refractivity contribution in [3.05, 3.63) is 120 Å². The van der Waals surface area contributed by atoms with Crippen molar-refractivity contribution in [3.63, 3.8) is 0 Å². The standard InChI is InChI=1S/C43H49N10O.C3H7NO.CH4S.2BF4.2Fe/c1-5-50-36-21-13-9-17-32(36)44-40(50)27-48(28-41-45-33-18-10-14-22-37(33)51(41)6-2)25-31(54)26-49(29-42-46-34-19-11-15-23-38(34)52(42)7-3)30-43-47-35-20-12-16-24-39(35)53(43)8-4;1-4(2)3-5;1-2;2*2-1(3,4)5;;/h9-24,31H,5-8,25-30H2,1-4H3;3H,1-2H3;2H,1H3;;;;/q-1;;;2*-1;2*+2/p-1. The van der Waals surface area contributed by atoms with E-state index in [1.54, 1.807) is 20.4 Å². The van der Waals surface area contributed by atoms with Crippen molar-refractivity contribution in [2.75, 3.05) is 33.4 Å². The fraction of sp³-hybridized carbons (Fsp3) is 0.383. The number of aryl methyl sites for hydroxylation is 4. The molecule has 8 aromatic rings. The van der Waals surface area contributed by atoms with Crippen LogP contribution in [0.2, 0.25) is 0 Å². The van der Waals surface area contributed by atoms with Crippen molar-refractivity contribution in [2.45, 2.75) is 86.2 Å². The van der Waals surface area contributed by atoms with Crippen LogP contribution >= 0.6 is 0 Å². The third kappa shape index (κ3) is 19.4. The third-order valence-corrected chi connectivity index (χ3v) is 10.8. The number of hydrogen-bond acceptors (Lipinski definition) is 9. The van der Waals surface area contributed by atoms with Crippen LogP contribution in [-0.2, 0) is 104 Å². The number of rotatable bonds is 17. The summed E-state index contributed by atoms with van der Waals surface area (Å²) in [6, 6.07) is 33.1. The van der Waals surface area contributed by atoms with Gasteiger partial charge in [-0.05, 0) is 89.3 Å². The molecule has 0 bridgehead atoms. The Morgan fingerprint density at radius 3 is 0.863 bits per heavy atom. The van der Waals surface area contributed by atoms with Crippen molar-refractivity contribution in [2.24, 2.45) is 0 Å². The topological polar surface area (TPSA) is 121 Å². The van der Waals surface area contributed by atoms with Crippen LogP contribution in [-0.4, -0.2) is 113 Å². The number of amides is 1. The molecule has 26 heteroatoms. The van der Waals surface area contributed by atoms with Crippen LogP contribution in [0.25, 0.3) is 44.1 Å². The molecular weight excluding hydrogens is 1070 g/mol. The van der Waals surface area contributed by atoms with E-state index >= 15 is 0 Å². The van der Waals surface area contributed by atoms with Crippen LogP contribution in [0.3, 0.4) is 0 Å². The number of halogens is 8. The summed E-state index contributed by atoms with van der Waals surface area (Å²) in [5, 5.41) is 14.6. The van der Waals surface area contributed by atoms with Gasteiger partial charge in [-0.2, -0.15) is 6.26 Å². The second-order valence-corrected chi connectivity index (χ2v) is 16.1. The molecule has 0 aliphatic rings. The average Bonchev–Trinajstić information content (AvgIpc) is 4.07. The normalized spacial score (nSPS) is 11.3. The molecule has 0 atom stereocenters. The monoisotopic (exact) mass is 1130 g/mol. The Balaban J connectivity index is 0.000000839. The summed E-state index contributed by atoms with van der Waals surface area (Å²) < 4.78 is 87.1. The van der Waals surface area contributed by atoms with Gasteiger partial charge in [0, 0.05) is 40.3 Å². The molecule has 4 aromatic carbocycles. The molecule has 13 nitrogen and oxygen atoms in total. The first-order chi connectivity index (χ1) is 33.7. The molecule has 8 rings (SSSR count). The minimum Gasteiger partial charge on any atom is -0.850 e. The zero-order valence-electron chi connectivity index (χ0n) is 41.5. The first kappa shape index (κ1) is 64.2. The summed E-state index contributed by atoms with van der Waals surface area (Å²) in [5.74, 6) is 3.82. The number of benzene rings is 4. The molecule has 0 spiro atoms. The number of aromatic nitrogens is 8. The van der Waals surface area contributed by atoms with Crippen molar-refractivity contribution in [3.8, 4) is 0 Å². The Morgan fingerprint density at radius 2 is 0.685 bits per heavy atom. The van der Waals surface area contributed by atoms with Crippen LogP contribution in [0.5, 0.6) is 0 Å². The van der Waals surface area contributed by atoms with Crippen LogP contribution < -0.4 is 5.11 Å². The summed E-state index contributed by atoms with van der Waals surface area (Å²) in [6.07, 6.45) is 1.41. The smallest absolute Gasteiger partial charge is 0.850 e. The summed E-state index contributed by atoms with van der Waals surface area (Å²) in [7, 11) is -8.62. The maximum Gasteiger partial charge on any atom is 2.00 e. The van der Waals surface area contributed by atoms with Gasteiger partial charge in [-0.15, -0.1) is 6.10 Å². The fourth-order valence-electron chi connectivity index (χ4n) is 8.20. The van der Waals surface area contributed by atoms with Crippen LogP contribution in [0.15, 0.2) is 97.1 Å². The minimum absolute atomic E-state index is 0. The molecule has 1 amide bonds. The molecule has 0 saturated carbocycles.